The molecule has 1 aromatic carbocycles. The summed E-state index contributed by atoms with van der Waals surface area (Å²) in [6.45, 7) is 2.25. The Hall–Kier alpha value is -1.06. The number of aliphatic hydroxyl groups is 1. The first-order valence-corrected chi connectivity index (χ1v) is 6.44. The molecule has 17 heavy (non-hydrogen) atoms. The van der Waals surface area contributed by atoms with Gasteiger partial charge in [-0.25, -0.2) is 0 Å². The monoisotopic (exact) mass is 237 g/mol. The lowest BCUT2D eigenvalue weighted by molar-refractivity contribution is 0.0397. The van der Waals surface area contributed by atoms with Gasteiger partial charge in [-0.1, -0.05) is 50.8 Å². The Morgan fingerprint density at radius 2 is 1.94 bits per heavy atom. The molecule has 1 rings (SSSR count). The first-order valence-electron chi connectivity index (χ1n) is 6.44. The first kappa shape index (κ1) is 14.0. The second kappa shape index (κ2) is 9.02. The van der Waals surface area contributed by atoms with Gasteiger partial charge in [0.15, 0.2) is 0 Å². The summed E-state index contributed by atoms with van der Waals surface area (Å²) < 4.78 is 0. The van der Waals surface area contributed by atoms with Crippen LogP contribution in [0.4, 0.5) is 5.69 Å². The van der Waals surface area contributed by atoms with Crippen LogP contribution in [0.15, 0.2) is 30.3 Å². The molecule has 0 aliphatic carbocycles. The number of para-hydroxylation sites is 1. The molecule has 0 aliphatic rings. The van der Waals surface area contributed by atoms with Gasteiger partial charge in [0.05, 0.1) is 12.3 Å². The molecule has 0 bridgehead atoms. The maximum atomic E-state index is 9.20. The SMILES string of the molecule is CCCCCC[C@H](CO)ONc1ccccc1. The van der Waals surface area contributed by atoms with E-state index in [0.29, 0.717) is 0 Å². The quantitative estimate of drug-likeness (QED) is 0.511. The van der Waals surface area contributed by atoms with Crippen molar-refractivity contribution < 1.29 is 9.94 Å². The summed E-state index contributed by atoms with van der Waals surface area (Å²) in [7, 11) is 0. The number of benzene rings is 1. The Morgan fingerprint density at radius 3 is 2.59 bits per heavy atom. The predicted molar refractivity (Wildman–Crippen MR) is 70.8 cm³/mol. The molecular formula is C14H23NO2. The maximum Gasteiger partial charge on any atom is 0.108 e. The normalized spacial score (nSPS) is 12.4. The van der Waals surface area contributed by atoms with Crippen LogP contribution < -0.4 is 5.48 Å². The van der Waals surface area contributed by atoms with E-state index in [4.69, 9.17) is 4.84 Å². The molecule has 1 atom stereocenters. The lowest BCUT2D eigenvalue weighted by Gasteiger charge is -2.16. The molecule has 0 aliphatic heterocycles. The predicted octanol–water partition coefficient (Wildman–Crippen LogP) is 3.36. The molecule has 0 radical (unpaired) electrons. The van der Waals surface area contributed by atoms with E-state index in [-0.39, 0.29) is 12.7 Å². The highest BCUT2D eigenvalue weighted by atomic mass is 16.7. The molecule has 3 heteroatoms. The first-order chi connectivity index (χ1) is 8.36. The van der Waals surface area contributed by atoms with E-state index in [9.17, 15) is 5.11 Å². The van der Waals surface area contributed by atoms with Gasteiger partial charge in [0.2, 0.25) is 0 Å². The van der Waals surface area contributed by atoms with Crippen LogP contribution in [0.2, 0.25) is 0 Å². The van der Waals surface area contributed by atoms with Crippen molar-refractivity contribution in [2.45, 2.75) is 45.1 Å². The number of aliphatic hydroxyl groups excluding tert-OH is 1. The number of rotatable bonds is 9. The van der Waals surface area contributed by atoms with E-state index in [2.05, 4.69) is 12.4 Å². The Bertz CT molecular complexity index is 277. The Labute approximate surface area is 104 Å². The highest BCUT2D eigenvalue weighted by molar-refractivity contribution is 5.40. The number of unbranched alkanes of at least 4 members (excludes halogenated alkanes) is 3. The Balaban J connectivity index is 2.18. The van der Waals surface area contributed by atoms with Crippen molar-refractivity contribution >= 4 is 5.69 Å². The molecule has 0 unspecified atom stereocenters. The molecule has 0 saturated heterocycles. The standard InChI is InChI=1S/C14H23NO2/c1-2-3-4-8-11-14(12-16)17-15-13-9-6-5-7-10-13/h5-7,9-10,14-16H,2-4,8,11-12H2,1H3/t14-/m1/s1. The topological polar surface area (TPSA) is 41.5 Å². The van der Waals surface area contributed by atoms with Crippen molar-refractivity contribution in [2.75, 3.05) is 12.1 Å². The molecule has 2 N–H and O–H groups in total. The molecule has 96 valence electrons. The van der Waals surface area contributed by atoms with E-state index in [1.54, 1.807) is 0 Å². The van der Waals surface area contributed by atoms with Gasteiger partial charge in [0, 0.05) is 0 Å². The summed E-state index contributed by atoms with van der Waals surface area (Å²) >= 11 is 0. The van der Waals surface area contributed by atoms with Crippen molar-refractivity contribution in [3.8, 4) is 0 Å². The third-order valence-electron chi connectivity index (χ3n) is 2.70. The second-order valence-electron chi connectivity index (χ2n) is 4.24. The van der Waals surface area contributed by atoms with Gasteiger partial charge < -0.3 is 5.11 Å². The number of anilines is 1. The largest absolute Gasteiger partial charge is 0.394 e. The molecule has 0 saturated carbocycles. The molecule has 3 nitrogen and oxygen atoms in total. The van der Waals surface area contributed by atoms with Crippen molar-refractivity contribution in [1.29, 1.82) is 0 Å². The summed E-state index contributed by atoms with van der Waals surface area (Å²) in [5.41, 5.74) is 3.79. The fourth-order valence-electron chi connectivity index (χ4n) is 1.64. The zero-order chi connectivity index (χ0) is 12.3. The van der Waals surface area contributed by atoms with E-state index in [1.807, 2.05) is 30.3 Å². The molecule has 1 aromatic rings. The average Bonchev–Trinajstić information content (AvgIpc) is 2.39. The van der Waals surface area contributed by atoms with E-state index >= 15 is 0 Å². The molecular weight excluding hydrogens is 214 g/mol. The van der Waals surface area contributed by atoms with Crippen LogP contribution in [0.5, 0.6) is 0 Å². The third-order valence-corrected chi connectivity index (χ3v) is 2.70. The summed E-state index contributed by atoms with van der Waals surface area (Å²) in [5, 5.41) is 9.20. The molecule has 0 heterocycles. The fraction of sp³-hybridized carbons (Fsp3) is 0.571. The minimum atomic E-state index is -0.118. The molecule has 0 amide bonds. The smallest absolute Gasteiger partial charge is 0.108 e. The highest BCUT2D eigenvalue weighted by Crippen LogP contribution is 2.10. The van der Waals surface area contributed by atoms with Gasteiger partial charge in [-0.05, 0) is 18.6 Å². The van der Waals surface area contributed by atoms with Crippen LogP contribution in [-0.2, 0) is 4.84 Å². The Kier molecular flexibility index (Phi) is 7.43. The lowest BCUT2D eigenvalue weighted by atomic mass is 10.1. The van der Waals surface area contributed by atoms with Gasteiger partial charge in [-0.3, -0.25) is 10.3 Å². The summed E-state index contributed by atoms with van der Waals surface area (Å²) in [6.07, 6.45) is 5.58. The van der Waals surface area contributed by atoms with Crippen LogP contribution in [-0.4, -0.2) is 17.8 Å². The minimum Gasteiger partial charge on any atom is -0.394 e. The van der Waals surface area contributed by atoms with E-state index in [1.165, 1.54) is 19.3 Å². The number of hydrogen-bond acceptors (Lipinski definition) is 3. The second-order valence-corrected chi connectivity index (χ2v) is 4.24. The Morgan fingerprint density at radius 1 is 1.18 bits per heavy atom. The zero-order valence-corrected chi connectivity index (χ0v) is 10.6. The van der Waals surface area contributed by atoms with Gasteiger partial charge in [0.1, 0.15) is 6.10 Å². The van der Waals surface area contributed by atoms with Gasteiger partial charge in [-0.15, -0.1) is 0 Å². The number of hydrogen-bond donors (Lipinski definition) is 2. The molecule has 0 fully saturated rings. The molecule has 0 aromatic heterocycles. The minimum absolute atomic E-state index is 0.0615. The van der Waals surface area contributed by atoms with E-state index in [0.717, 1.165) is 18.5 Å². The molecule has 0 spiro atoms. The summed E-state index contributed by atoms with van der Waals surface area (Å²) in [5.74, 6) is 0. The lowest BCUT2D eigenvalue weighted by Crippen LogP contribution is -2.21. The number of nitrogens with one attached hydrogen (secondary N) is 1. The van der Waals surface area contributed by atoms with Crippen LogP contribution in [0.3, 0.4) is 0 Å². The zero-order valence-electron chi connectivity index (χ0n) is 10.6. The van der Waals surface area contributed by atoms with Crippen molar-refractivity contribution in [3.63, 3.8) is 0 Å². The fourth-order valence-corrected chi connectivity index (χ4v) is 1.64. The maximum absolute atomic E-state index is 9.20. The van der Waals surface area contributed by atoms with Gasteiger partial charge in [-0.2, -0.15) is 0 Å². The van der Waals surface area contributed by atoms with Crippen LogP contribution in [0, 0.1) is 0 Å². The summed E-state index contributed by atoms with van der Waals surface area (Å²) in [6, 6.07) is 9.72. The summed E-state index contributed by atoms with van der Waals surface area (Å²) in [4.78, 5) is 5.46. The van der Waals surface area contributed by atoms with Crippen molar-refractivity contribution in [2.24, 2.45) is 0 Å². The third kappa shape index (κ3) is 6.29. The van der Waals surface area contributed by atoms with Crippen molar-refractivity contribution in [1.82, 2.24) is 0 Å². The highest BCUT2D eigenvalue weighted by Gasteiger charge is 2.07. The van der Waals surface area contributed by atoms with Gasteiger partial charge in [0.25, 0.3) is 0 Å². The van der Waals surface area contributed by atoms with E-state index < -0.39 is 0 Å². The van der Waals surface area contributed by atoms with Crippen LogP contribution in [0.25, 0.3) is 0 Å². The van der Waals surface area contributed by atoms with Gasteiger partial charge >= 0.3 is 0 Å². The van der Waals surface area contributed by atoms with Crippen LogP contribution >= 0.6 is 0 Å². The van der Waals surface area contributed by atoms with Crippen LogP contribution in [0.1, 0.15) is 39.0 Å². The van der Waals surface area contributed by atoms with Crippen molar-refractivity contribution in [3.05, 3.63) is 30.3 Å². The average molecular weight is 237 g/mol.